The van der Waals surface area contributed by atoms with Crippen molar-refractivity contribution in [1.29, 1.82) is 0 Å². The number of fused-ring (bicyclic) bond motifs is 2. The summed E-state index contributed by atoms with van der Waals surface area (Å²) in [5.74, 6) is -0.582. The summed E-state index contributed by atoms with van der Waals surface area (Å²) in [6.45, 7) is 4.39. The molecule has 1 aliphatic carbocycles. The van der Waals surface area contributed by atoms with E-state index in [-0.39, 0.29) is 31.8 Å². The minimum absolute atomic E-state index is 0.0237. The van der Waals surface area contributed by atoms with E-state index >= 15 is 0 Å². The van der Waals surface area contributed by atoms with Gasteiger partial charge in [0.25, 0.3) is 0 Å². The van der Waals surface area contributed by atoms with Gasteiger partial charge in [-0.15, -0.1) is 0 Å². The molecule has 8 nitrogen and oxygen atoms in total. The van der Waals surface area contributed by atoms with Crippen LogP contribution in [-0.4, -0.2) is 41.5 Å². The number of carbonyl (C=O) groups excluding carboxylic acids is 3. The number of benzene rings is 2. The number of nitrogens with two attached hydrogens (primary N) is 1. The number of aromatic amines is 1. The molecule has 3 aromatic rings. The van der Waals surface area contributed by atoms with Crippen LogP contribution in [0.25, 0.3) is 10.9 Å². The number of amides is 1. The maximum Gasteiger partial charge on any atom is 0.328 e. The smallest absolute Gasteiger partial charge is 0.328 e. The molecule has 0 fully saturated rings. The Bertz CT molecular complexity index is 1280. The number of ether oxygens (including phenoxy) is 2. The highest BCUT2D eigenvalue weighted by Crippen LogP contribution is 2.26. The lowest BCUT2D eigenvalue weighted by atomic mass is 10.0. The third-order valence-electron chi connectivity index (χ3n) is 6.93. The van der Waals surface area contributed by atoms with Gasteiger partial charge in [0.15, 0.2) is 0 Å². The van der Waals surface area contributed by atoms with Gasteiger partial charge < -0.3 is 25.5 Å². The van der Waals surface area contributed by atoms with Gasteiger partial charge in [-0.2, -0.15) is 0 Å². The van der Waals surface area contributed by atoms with E-state index in [2.05, 4.69) is 24.1 Å². The van der Waals surface area contributed by atoms with Crippen LogP contribution in [0.15, 0.2) is 48.7 Å². The third-order valence-corrected chi connectivity index (χ3v) is 6.93. The Labute approximate surface area is 223 Å². The van der Waals surface area contributed by atoms with Crippen LogP contribution in [0.2, 0.25) is 0 Å². The highest BCUT2D eigenvalue weighted by atomic mass is 16.5. The van der Waals surface area contributed by atoms with Crippen molar-refractivity contribution in [3.05, 3.63) is 65.4 Å². The van der Waals surface area contributed by atoms with E-state index in [0.29, 0.717) is 11.7 Å². The Morgan fingerprint density at radius 1 is 1.03 bits per heavy atom. The molecule has 0 spiro atoms. The number of aromatic nitrogens is 1. The fourth-order valence-electron chi connectivity index (χ4n) is 4.68. The molecule has 38 heavy (non-hydrogen) atoms. The molecule has 4 rings (SSSR count). The number of aryl methyl sites for hydroxylation is 2. The second kappa shape index (κ2) is 12.7. The van der Waals surface area contributed by atoms with Crippen LogP contribution in [0.5, 0.6) is 5.75 Å². The topological polar surface area (TPSA) is 124 Å². The van der Waals surface area contributed by atoms with Crippen molar-refractivity contribution < 1.29 is 23.9 Å². The SMILES string of the molecule is CC(C)CCOC(=O)[C@H](Cc1c[nH]c2ccccc12)NC(=O)CCC(N)C(=O)Oc1ccc2c(c1)CCC2. The summed E-state index contributed by atoms with van der Waals surface area (Å²) in [4.78, 5) is 41.4. The van der Waals surface area contributed by atoms with Crippen molar-refractivity contribution in [1.82, 2.24) is 10.3 Å². The zero-order valence-corrected chi connectivity index (χ0v) is 22.1. The summed E-state index contributed by atoms with van der Waals surface area (Å²) >= 11 is 0. The molecule has 1 amide bonds. The van der Waals surface area contributed by atoms with E-state index in [0.717, 1.165) is 42.1 Å². The molecule has 2 aromatic carbocycles. The maximum atomic E-state index is 12.9. The summed E-state index contributed by atoms with van der Waals surface area (Å²) in [6.07, 6.45) is 6.06. The van der Waals surface area contributed by atoms with Gasteiger partial charge in [0, 0.05) is 29.9 Å². The number of carbonyl (C=O) groups is 3. The maximum absolute atomic E-state index is 12.9. The van der Waals surface area contributed by atoms with Gasteiger partial charge in [0.1, 0.15) is 17.8 Å². The fraction of sp³-hybridized carbons (Fsp3) is 0.433. The van der Waals surface area contributed by atoms with E-state index in [9.17, 15) is 14.4 Å². The summed E-state index contributed by atoms with van der Waals surface area (Å²) in [7, 11) is 0. The van der Waals surface area contributed by atoms with Gasteiger partial charge in [-0.3, -0.25) is 4.79 Å². The normalized spacial score (nSPS) is 14.2. The van der Waals surface area contributed by atoms with E-state index in [1.54, 1.807) is 6.07 Å². The number of hydrogen-bond acceptors (Lipinski definition) is 6. The van der Waals surface area contributed by atoms with Crippen molar-refractivity contribution in [3.8, 4) is 5.75 Å². The Balaban J connectivity index is 1.33. The largest absolute Gasteiger partial charge is 0.464 e. The first-order valence-corrected chi connectivity index (χ1v) is 13.4. The minimum atomic E-state index is -0.959. The Kier molecular flexibility index (Phi) is 9.18. The molecule has 2 atom stereocenters. The molecule has 0 saturated heterocycles. The number of esters is 2. The lowest BCUT2D eigenvalue weighted by molar-refractivity contribution is -0.148. The number of nitrogens with one attached hydrogen (secondary N) is 2. The molecule has 0 aliphatic heterocycles. The van der Waals surface area contributed by atoms with Crippen molar-refractivity contribution in [2.45, 2.75) is 70.9 Å². The van der Waals surface area contributed by atoms with Crippen LogP contribution < -0.4 is 15.8 Å². The van der Waals surface area contributed by atoms with Crippen LogP contribution in [-0.2, 0) is 38.4 Å². The van der Waals surface area contributed by atoms with Crippen LogP contribution in [0, 0.1) is 5.92 Å². The zero-order chi connectivity index (χ0) is 27.1. The predicted octanol–water partition coefficient (Wildman–Crippen LogP) is 3.99. The summed E-state index contributed by atoms with van der Waals surface area (Å²) < 4.78 is 10.9. The molecule has 8 heteroatoms. The molecule has 0 bridgehead atoms. The lowest BCUT2D eigenvalue weighted by Crippen LogP contribution is -2.44. The van der Waals surface area contributed by atoms with Crippen LogP contribution in [0.4, 0.5) is 0 Å². The van der Waals surface area contributed by atoms with E-state index < -0.39 is 24.0 Å². The van der Waals surface area contributed by atoms with Crippen LogP contribution in [0.3, 0.4) is 0 Å². The van der Waals surface area contributed by atoms with Crippen LogP contribution in [0.1, 0.15) is 56.2 Å². The molecule has 0 radical (unpaired) electrons. The molecule has 202 valence electrons. The first kappa shape index (κ1) is 27.4. The first-order chi connectivity index (χ1) is 18.3. The van der Waals surface area contributed by atoms with Gasteiger partial charge in [0.05, 0.1) is 6.61 Å². The van der Waals surface area contributed by atoms with E-state index in [4.69, 9.17) is 15.2 Å². The molecule has 1 unspecified atom stereocenters. The monoisotopic (exact) mass is 519 g/mol. The Morgan fingerprint density at radius 3 is 2.63 bits per heavy atom. The summed E-state index contributed by atoms with van der Waals surface area (Å²) in [6, 6.07) is 11.6. The average Bonchev–Trinajstić information content (AvgIpc) is 3.53. The second-order valence-corrected chi connectivity index (χ2v) is 10.4. The van der Waals surface area contributed by atoms with Crippen molar-refractivity contribution in [3.63, 3.8) is 0 Å². The quantitative estimate of drug-likeness (QED) is 0.246. The van der Waals surface area contributed by atoms with Crippen molar-refractivity contribution >= 4 is 28.7 Å². The zero-order valence-electron chi connectivity index (χ0n) is 22.1. The minimum Gasteiger partial charge on any atom is -0.464 e. The predicted molar refractivity (Wildman–Crippen MR) is 146 cm³/mol. The molecular weight excluding hydrogens is 482 g/mol. The third kappa shape index (κ3) is 7.22. The van der Waals surface area contributed by atoms with Gasteiger partial charge in [-0.05, 0) is 72.9 Å². The van der Waals surface area contributed by atoms with E-state index in [1.165, 1.54) is 11.1 Å². The fourth-order valence-corrected chi connectivity index (χ4v) is 4.68. The van der Waals surface area contributed by atoms with Crippen molar-refractivity contribution in [2.24, 2.45) is 11.7 Å². The standard InChI is InChI=1S/C30H37N3O5/c1-19(2)14-15-37-30(36)27(17-22-18-32-26-9-4-3-8-24(22)26)33-28(34)13-12-25(31)29(35)38-23-11-10-20-6-5-7-21(20)16-23/h3-4,8-11,16,18-19,25,27,32H,5-7,12-15,17,31H2,1-2H3,(H,33,34)/t25?,27-/m0/s1. The van der Waals surface area contributed by atoms with E-state index in [1.807, 2.05) is 42.6 Å². The summed E-state index contributed by atoms with van der Waals surface area (Å²) in [5, 5.41) is 3.78. The average molecular weight is 520 g/mol. The van der Waals surface area contributed by atoms with Gasteiger partial charge in [-0.25, -0.2) is 9.59 Å². The number of rotatable bonds is 12. The van der Waals surface area contributed by atoms with Gasteiger partial charge >= 0.3 is 11.9 Å². The molecular formula is C30H37N3O5. The van der Waals surface area contributed by atoms with Crippen LogP contribution >= 0.6 is 0 Å². The lowest BCUT2D eigenvalue weighted by Gasteiger charge is -2.19. The molecule has 1 aliphatic rings. The van der Waals surface area contributed by atoms with Gasteiger partial charge in [-0.1, -0.05) is 38.1 Å². The second-order valence-electron chi connectivity index (χ2n) is 10.4. The molecule has 1 heterocycles. The molecule has 1 aromatic heterocycles. The Hall–Kier alpha value is -3.65. The highest BCUT2D eigenvalue weighted by Gasteiger charge is 2.25. The first-order valence-electron chi connectivity index (χ1n) is 13.4. The molecule has 4 N–H and O–H groups in total. The Morgan fingerprint density at radius 2 is 1.82 bits per heavy atom. The number of H-pyrrole nitrogens is 1. The summed E-state index contributed by atoms with van der Waals surface area (Å²) in [5.41, 5.74) is 10.4. The molecule has 0 saturated carbocycles. The number of hydrogen-bond donors (Lipinski definition) is 3. The highest BCUT2D eigenvalue weighted by molar-refractivity contribution is 5.87. The number of para-hydroxylation sites is 1. The van der Waals surface area contributed by atoms with Gasteiger partial charge in [0.2, 0.25) is 5.91 Å². The van der Waals surface area contributed by atoms with Crippen molar-refractivity contribution in [2.75, 3.05) is 6.61 Å².